The second kappa shape index (κ2) is 2.43. The standard InChI is InChI=1S/C5F6O/c6-1-2(7)4(9)12-5(10,11)3(1)8. The Morgan fingerprint density at radius 3 is 1.92 bits per heavy atom. The van der Waals surface area contributed by atoms with E-state index in [9.17, 15) is 26.3 Å². The van der Waals surface area contributed by atoms with Gasteiger partial charge in [0.05, 0.1) is 0 Å². The number of allylic oxidation sites excluding steroid dienone is 2. The van der Waals surface area contributed by atoms with Crippen LogP contribution in [0.3, 0.4) is 0 Å². The minimum atomic E-state index is -4.77. The van der Waals surface area contributed by atoms with E-state index in [4.69, 9.17) is 0 Å². The average molecular weight is 190 g/mol. The van der Waals surface area contributed by atoms with Crippen molar-refractivity contribution in [2.45, 2.75) is 6.11 Å². The van der Waals surface area contributed by atoms with Crippen molar-refractivity contribution in [2.75, 3.05) is 0 Å². The maximum atomic E-state index is 12.0. The number of alkyl halides is 2. The lowest BCUT2D eigenvalue weighted by Gasteiger charge is -2.18. The van der Waals surface area contributed by atoms with Gasteiger partial charge in [-0.25, -0.2) is 4.39 Å². The van der Waals surface area contributed by atoms with Crippen LogP contribution in [0.1, 0.15) is 0 Å². The lowest BCUT2D eigenvalue weighted by Crippen LogP contribution is -2.25. The van der Waals surface area contributed by atoms with E-state index in [0.29, 0.717) is 0 Å². The Labute approximate surface area is 61.9 Å². The molecule has 0 amide bonds. The van der Waals surface area contributed by atoms with Crippen molar-refractivity contribution < 1.29 is 31.1 Å². The van der Waals surface area contributed by atoms with Gasteiger partial charge in [-0.15, -0.1) is 0 Å². The van der Waals surface area contributed by atoms with E-state index in [2.05, 4.69) is 4.74 Å². The molecule has 1 heterocycles. The second-order valence-corrected chi connectivity index (χ2v) is 1.83. The fourth-order valence-corrected chi connectivity index (χ4v) is 0.513. The van der Waals surface area contributed by atoms with Gasteiger partial charge >= 0.3 is 12.1 Å². The van der Waals surface area contributed by atoms with Crippen LogP contribution in [0.15, 0.2) is 23.5 Å². The van der Waals surface area contributed by atoms with Crippen LogP contribution < -0.4 is 0 Å². The van der Waals surface area contributed by atoms with Crippen LogP contribution in [0, 0.1) is 0 Å². The third-order valence-corrected chi connectivity index (χ3v) is 1.03. The molecule has 0 aromatic carbocycles. The van der Waals surface area contributed by atoms with Crippen molar-refractivity contribution in [3.8, 4) is 0 Å². The molecule has 12 heavy (non-hydrogen) atoms. The summed E-state index contributed by atoms with van der Waals surface area (Å²) >= 11 is 0. The summed E-state index contributed by atoms with van der Waals surface area (Å²) in [5, 5.41) is 0. The van der Waals surface area contributed by atoms with Crippen LogP contribution in [0.2, 0.25) is 0 Å². The molecule has 1 aliphatic heterocycles. The van der Waals surface area contributed by atoms with Crippen LogP contribution in [0.5, 0.6) is 0 Å². The minimum Gasteiger partial charge on any atom is -0.398 e. The predicted octanol–water partition coefficient (Wildman–Crippen LogP) is 2.87. The fraction of sp³-hybridized carbons (Fsp3) is 0.200. The maximum absolute atomic E-state index is 12.0. The average Bonchev–Trinajstić information content (AvgIpc) is 1.97. The molecule has 0 fully saturated rings. The Morgan fingerprint density at radius 2 is 1.42 bits per heavy atom. The zero-order valence-electron chi connectivity index (χ0n) is 5.18. The number of ether oxygens (including phenoxy) is 1. The first-order chi connectivity index (χ1) is 5.36. The van der Waals surface area contributed by atoms with E-state index >= 15 is 0 Å². The number of halogens is 6. The van der Waals surface area contributed by atoms with E-state index in [1.165, 1.54) is 0 Å². The Morgan fingerprint density at radius 1 is 0.917 bits per heavy atom. The molecule has 0 atom stereocenters. The first kappa shape index (κ1) is 8.95. The minimum absolute atomic E-state index is 2.40. The summed E-state index contributed by atoms with van der Waals surface area (Å²) in [7, 11) is 0. The highest BCUT2D eigenvalue weighted by molar-refractivity contribution is 5.28. The monoisotopic (exact) mass is 190 g/mol. The zero-order valence-corrected chi connectivity index (χ0v) is 5.18. The smallest absolute Gasteiger partial charge is 0.398 e. The quantitative estimate of drug-likeness (QED) is 0.533. The summed E-state index contributed by atoms with van der Waals surface area (Å²) < 4.78 is 74.4. The van der Waals surface area contributed by atoms with Gasteiger partial charge in [0, 0.05) is 0 Å². The maximum Gasteiger partial charge on any atom is 0.458 e. The van der Waals surface area contributed by atoms with E-state index in [1.807, 2.05) is 0 Å². The van der Waals surface area contributed by atoms with Gasteiger partial charge in [-0.2, -0.15) is 22.0 Å². The van der Waals surface area contributed by atoms with E-state index < -0.39 is 29.6 Å². The predicted molar refractivity (Wildman–Crippen MR) is 24.5 cm³/mol. The normalized spacial score (nSPS) is 22.8. The van der Waals surface area contributed by atoms with Crippen LogP contribution in [0.25, 0.3) is 0 Å². The summed E-state index contributed by atoms with van der Waals surface area (Å²) in [6.07, 6.45) is -4.77. The second-order valence-electron chi connectivity index (χ2n) is 1.83. The van der Waals surface area contributed by atoms with Crippen LogP contribution in [-0.4, -0.2) is 6.11 Å². The highest BCUT2D eigenvalue weighted by atomic mass is 19.3. The van der Waals surface area contributed by atoms with Crippen molar-refractivity contribution in [2.24, 2.45) is 0 Å². The highest BCUT2D eigenvalue weighted by Crippen LogP contribution is 2.40. The molecule has 0 radical (unpaired) electrons. The Hall–Kier alpha value is -1.14. The molecule has 0 saturated carbocycles. The van der Waals surface area contributed by atoms with Crippen molar-refractivity contribution in [1.82, 2.24) is 0 Å². The van der Waals surface area contributed by atoms with Crippen LogP contribution >= 0.6 is 0 Å². The first-order valence-electron chi connectivity index (χ1n) is 2.54. The molecule has 0 N–H and O–H groups in total. The Bertz CT molecular complexity index is 278. The molecular formula is C5F6O. The van der Waals surface area contributed by atoms with Crippen molar-refractivity contribution in [1.29, 1.82) is 0 Å². The molecule has 7 heteroatoms. The van der Waals surface area contributed by atoms with Crippen LogP contribution in [0.4, 0.5) is 26.3 Å². The van der Waals surface area contributed by atoms with Crippen molar-refractivity contribution >= 4 is 0 Å². The molecule has 0 aliphatic carbocycles. The first-order valence-corrected chi connectivity index (χ1v) is 2.54. The van der Waals surface area contributed by atoms with Gasteiger partial charge in [-0.1, -0.05) is 0 Å². The summed E-state index contributed by atoms with van der Waals surface area (Å²) in [6, 6.07) is -2.47. The molecule has 0 unspecified atom stereocenters. The fourth-order valence-electron chi connectivity index (χ4n) is 0.513. The van der Waals surface area contributed by atoms with E-state index in [1.54, 1.807) is 0 Å². The van der Waals surface area contributed by atoms with Gasteiger partial charge < -0.3 is 4.74 Å². The van der Waals surface area contributed by atoms with Gasteiger partial charge in [0.2, 0.25) is 11.7 Å². The third-order valence-electron chi connectivity index (χ3n) is 1.03. The van der Waals surface area contributed by atoms with E-state index in [-0.39, 0.29) is 0 Å². The molecule has 0 spiro atoms. The molecule has 0 aromatic heterocycles. The molecule has 68 valence electrons. The molecule has 1 nitrogen and oxygen atoms in total. The van der Waals surface area contributed by atoms with Gasteiger partial charge in [0.15, 0.2) is 0 Å². The highest BCUT2D eigenvalue weighted by Gasteiger charge is 2.48. The molecule has 0 aromatic rings. The number of hydrogen-bond acceptors (Lipinski definition) is 1. The molecule has 0 saturated heterocycles. The zero-order chi connectivity index (χ0) is 9.52. The Balaban J connectivity index is 3.20. The van der Waals surface area contributed by atoms with Gasteiger partial charge in [0.25, 0.3) is 5.83 Å². The topological polar surface area (TPSA) is 9.23 Å². The summed E-state index contributed by atoms with van der Waals surface area (Å²) in [6.45, 7) is 0. The van der Waals surface area contributed by atoms with Gasteiger partial charge in [-0.05, 0) is 0 Å². The lowest BCUT2D eigenvalue weighted by atomic mass is 10.3. The van der Waals surface area contributed by atoms with Crippen molar-refractivity contribution in [3.63, 3.8) is 0 Å². The third kappa shape index (κ3) is 1.15. The molecule has 0 bridgehead atoms. The Kier molecular flexibility index (Phi) is 1.81. The van der Waals surface area contributed by atoms with Crippen LogP contribution in [-0.2, 0) is 4.74 Å². The summed E-state index contributed by atoms with van der Waals surface area (Å²) in [4.78, 5) is 0. The van der Waals surface area contributed by atoms with Gasteiger partial charge in [0.1, 0.15) is 0 Å². The molecule has 1 aliphatic rings. The van der Waals surface area contributed by atoms with Crippen molar-refractivity contribution in [3.05, 3.63) is 23.5 Å². The molecule has 1 rings (SSSR count). The number of rotatable bonds is 0. The SMILES string of the molecule is FC1=C(F)C(F)=C(F)C(F)(F)O1. The lowest BCUT2D eigenvalue weighted by molar-refractivity contribution is -0.215. The van der Waals surface area contributed by atoms with Gasteiger partial charge in [-0.3, -0.25) is 0 Å². The summed E-state index contributed by atoms with van der Waals surface area (Å²) in [5.41, 5.74) is 0. The largest absolute Gasteiger partial charge is 0.458 e. The summed E-state index contributed by atoms with van der Waals surface area (Å²) in [5.74, 6) is -7.76. The number of hydrogen-bond donors (Lipinski definition) is 0. The molecular weight excluding hydrogens is 190 g/mol. The van der Waals surface area contributed by atoms with E-state index in [0.717, 1.165) is 0 Å².